The summed E-state index contributed by atoms with van der Waals surface area (Å²) >= 11 is 0. The van der Waals surface area contributed by atoms with Gasteiger partial charge in [-0.1, -0.05) is 45.9 Å². The molecule has 0 saturated heterocycles. The lowest BCUT2D eigenvalue weighted by Crippen LogP contribution is -2.22. The summed E-state index contributed by atoms with van der Waals surface area (Å²) in [6.45, 7) is 7.91. The molecule has 1 amide bonds. The fourth-order valence-electron chi connectivity index (χ4n) is 3.01. The summed E-state index contributed by atoms with van der Waals surface area (Å²) in [6.07, 6.45) is 0. The maximum Gasteiger partial charge on any atom is 0.338 e. The SMILES string of the molecule is COc1cc(OC)cc(C(=O)OCC(=O)Nc2c(C(C)C)cccc2C(C)C)c1. The van der Waals surface area contributed by atoms with Crippen LogP contribution in [0.3, 0.4) is 0 Å². The van der Waals surface area contributed by atoms with Crippen molar-refractivity contribution in [3.05, 3.63) is 53.1 Å². The summed E-state index contributed by atoms with van der Waals surface area (Å²) in [7, 11) is 2.99. The Labute approximate surface area is 172 Å². The molecule has 0 atom stereocenters. The number of amides is 1. The van der Waals surface area contributed by atoms with E-state index in [4.69, 9.17) is 14.2 Å². The number of benzene rings is 2. The minimum absolute atomic E-state index is 0.246. The van der Waals surface area contributed by atoms with Gasteiger partial charge in [-0.05, 0) is 35.1 Å². The van der Waals surface area contributed by atoms with Gasteiger partial charge >= 0.3 is 5.97 Å². The molecule has 0 spiro atoms. The van der Waals surface area contributed by atoms with Crippen LogP contribution in [0.25, 0.3) is 0 Å². The lowest BCUT2D eigenvalue weighted by atomic mass is 9.92. The molecule has 156 valence electrons. The van der Waals surface area contributed by atoms with Gasteiger partial charge in [0.25, 0.3) is 5.91 Å². The second-order valence-corrected chi connectivity index (χ2v) is 7.35. The molecule has 0 bridgehead atoms. The highest BCUT2D eigenvalue weighted by Gasteiger charge is 2.18. The van der Waals surface area contributed by atoms with Crippen molar-refractivity contribution in [1.82, 2.24) is 0 Å². The highest BCUT2D eigenvalue weighted by Crippen LogP contribution is 2.32. The van der Waals surface area contributed by atoms with E-state index >= 15 is 0 Å². The van der Waals surface area contributed by atoms with Crippen molar-refractivity contribution in [2.75, 3.05) is 26.1 Å². The Kier molecular flexibility index (Phi) is 7.65. The van der Waals surface area contributed by atoms with Gasteiger partial charge in [-0.25, -0.2) is 4.79 Å². The standard InChI is InChI=1S/C23H29NO5/c1-14(2)19-8-7-9-20(15(3)4)22(19)24-21(25)13-29-23(26)16-10-17(27-5)12-18(11-16)28-6/h7-12,14-15H,13H2,1-6H3,(H,24,25). The van der Waals surface area contributed by atoms with E-state index in [2.05, 4.69) is 33.0 Å². The van der Waals surface area contributed by atoms with E-state index < -0.39 is 5.97 Å². The minimum Gasteiger partial charge on any atom is -0.497 e. The third-order valence-electron chi connectivity index (χ3n) is 4.56. The van der Waals surface area contributed by atoms with Crippen LogP contribution >= 0.6 is 0 Å². The first-order valence-corrected chi connectivity index (χ1v) is 9.59. The average Bonchev–Trinajstić information content (AvgIpc) is 2.71. The summed E-state index contributed by atoms with van der Waals surface area (Å²) in [4.78, 5) is 24.9. The third-order valence-corrected chi connectivity index (χ3v) is 4.56. The maximum absolute atomic E-state index is 12.5. The molecular weight excluding hydrogens is 370 g/mol. The van der Waals surface area contributed by atoms with Crippen molar-refractivity contribution in [1.29, 1.82) is 0 Å². The molecule has 0 aliphatic rings. The number of methoxy groups -OCH3 is 2. The van der Waals surface area contributed by atoms with Crippen LogP contribution in [0, 0.1) is 0 Å². The largest absolute Gasteiger partial charge is 0.497 e. The smallest absolute Gasteiger partial charge is 0.338 e. The van der Waals surface area contributed by atoms with Crippen molar-refractivity contribution in [3.63, 3.8) is 0 Å². The van der Waals surface area contributed by atoms with Crippen LogP contribution in [0.4, 0.5) is 5.69 Å². The van der Waals surface area contributed by atoms with Crippen LogP contribution in [0.2, 0.25) is 0 Å². The maximum atomic E-state index is 12.5. The molecule has 0 aliphatic heterocycles. The highest BCUT2D eigenvalue weighted by molar-refractivity contribution is 5.97. The van der Waals surface area contributed by atoms with Gasteiger partial charge in [0.1, 0.15) is 11.5 Å². The van der Waals surface area contributed by atoms with Gasteiger partial charge in [0.15, 0.2) is 6.61 Å². The first-order valence-electron chi connectivity index (χ1n) is 9.59. The van der Waals surface area contributed by atoms with Crippen molar-refractivity contribution in [2.45, 2.75) is 39.5 Å². The summed E-state index contributed by atoms with van der Waals surface area (Å²) in [5, 5.41) is 2.93. The third kappa shape index (κ3) is 5.73. The lowest BCUT2D eigenvalue weighted by Gasteiger charge is -2.20. The van der Waals surface area contributed by atoms with Gasteiger partial charge in [-0.2, -0.15) is 0 Å². The zero-order valence-corrected chi connectivity index (χ0v) is 17.9. The average molecular weight is 399 g/mol. The number of carbonyl (C=O) groups excluding carboxylic acids is 2. The second kappa shape index (κ2) is 9.96. The van der Waals surface area contributed by atoms with Gasteiger partial charge in [0.2, 0.25) is 0 Å². The van der Waals surface area contributed by atoms with Gasteiger partial charge in [-0.15, -0.1) is 0 Å². The number of hydrogen-bond donors (Lipinski definition) is 1. The number of hydrogen-bond acceptors (Lipinski definition) is 5. The van der Waals surface area contributed by atoms with Gasteiger partial charge in [0, 0.05) is 11.8 Å². The van der Waals surface area contributed by atoms with E-state index in [1.165, 1.54) is 26.4 Å². The summed E-state index contributed by atoms with van der Waals surface area (Å²) in [6, 6.07) is 10.7. The van der Waals surface area contributed by atoms with Gasteiger partial charge in [0.05, 0.1) is 19.8 Å². The highest BCUT2D eigenvalue weighted by atomic mass is 16.5. The van der Waals surface area contributed by atoms with Crippen LogP contribution < -0.4 is 14.8 Å². The fraction of sp³-hybridized carbons (Fsp3) is 0.391. The molecule has 1 N–H and O–H groups in total. The van der Waals surface area contributed by atoms with Gasteiger partial charge in [-0.3, -0.25) is 4.79 Å². The predicted molar refractivity (Wildman–Crippen MR) is 113 cm³/mol. The Hall–Kier alpha value is -3.02. The van der Waals surface area contributed by atoms with Crippen LogP contribution in [0.1, 0.15) is 61.0 Å². The molecule has 2 aromatic carbocycles. The number of rotatable bonds is 8. The van der Waals surface area contributed by atoms with Crippen LogP contribution in [-0.4, -0.2) is 32.7 Å². The van der Waals surface area contributed by atoms with Crippen LogP contribution in [-0.2, 0) is 9.53 Å². The molecule has 0 fully saturated rings. The molecule has 0 heterocycles. The monoisotopic (exact) mass is 399 g/mol. The first-order chi connectivity index (χ1) is 13.8. The summed E-state index contributed by atoms with van der Waals surface area (Å²) in [5.74, 6) is 0.412. The number of ether oxygens (including phenoxy) is 3. The minimum atomic E-state index is -0.626. The quantitative estimate of drug-likeness (QED) is 0.649. The molecule has 6 nitrogen and oxygen atoms in total. The van der Waals surface area contributed by atoms with E-state index in [0.717, 1.165) is 16.8 Å². The molecule has 0 saturated carbocycles. The van der Waals surface area contributed by atoms with Crippen molar-refractivity contribution < 1.29 is 23.8 Å². The zero-order valence-electron chi connectivity index (χ0n) is 17.9. The Morgan fingerprint density at radius 1 is 0.897 bits per heavy atom. The zero-order chi connectivity index (χ0) is 21.6. The Morgan fingerprint density at radius 3 is 1.86 bits per heavy atom. The Morgan fingerprint density at radius 2 is 1.41 bits per heavy atom. The summed E-state index contributed by atoms with van der Waals surface area (Å²) in [5.41, 5.74) is 3.14. The fourth-order valence-corrected chi connectivity index (χ4v) is 3.01. The van der Waals surface area contributed by atoms with Crippen LogP contribution in [0.5, 0.6) is 11.5 Å². The lowest BCUT2D eigenvalue weighted by molar-refractivity contribution is -0.119. The van der Waals surface area contributed by atoms with E-state index in [1.54, 1.807) is 6.07 Å². The topological polar surface area (TPSA) is 73.9 Å². The number of esters is 1. The Bertz CT molecular complexity index is 825. The molecule has 29 heavy (non-hydrogen) atoms. The van der Waals surface area contributed by atoms with Crippen molar-refractivity contribution in [3.8, 4) is 11.5 Å². The van der Waals surface area contributed by atoms with Crippen LogP contribution in [0.15, 0.2) is 36.4 Å². The second-order valence-electron chi connectivity index (χ2n) is 7.35. The first kappa shape index (κ1) is 22.3. The number of carbonyl (C=O) groups is 2. The normalized spacial score (nSPS) is 10.8. The molecule has 0 aromatic heterocycles. The number of para-hydroxylation sites is 1. The van der Waals surface area contributed by atoms with Gasteiger partial charge < -0.3 is 19.5 Å². The van der Waals surface area contributed by atoms with Crippen molar-refractivity contribution in [2.24, 2.45) is 0 Å². The molecule has 0 aliphatic carbocycles. The predicted octanol–water partition coefficient (Wildman–Crippen LogP) is 4.75. The van der Waals surface area contributed by atoms with E-state index in [0.29, 0.717) is 11.5 Å². The van der Waals surface area contributed by atoms with Crippen molar-refractivity contribution >= 4 is 17.6 Å². The number of anilines is 1. The number of nitrogens with one attached hydrogen (secondary N) is 1. The molecule has 6 heteroatoms. The summed E-state index contributed by atoms with van der Waals surface area (Å²) < 4.78 is 15.5. The molecular formula is C23H29NO5. The van der Waals surface area contributed by atoms with E-state index in [-0.39, 0.29) is 29.9 Å². The molecule has 2 rings (SSSR count). The molecule has 0 radical (unpaired) electrons. The van der Waals surface area contributed by atoms with E-state index in [9.17, 15) is 9.59 Å². The van der Waals surface area contributed by atoms with E-state index in [1.807, 2.05) is 18.2 Å². The molecule has 2 aromatic rings. The Balaban J connectivity index is 2.12. The molecule has 0 unspecified atom stereocenters.